The summed E-state index contributed by atoms with van der Waals surface area (Å²) in [5, 5.41) is 7.81. The number of amides is 1. The highest BCUT2D eigenvalue weighted by molar-refractivity contribution is 7.15. The lowest BCUT2D eigenvalue weighted by molar-refractivity contribution is 0.102. The summed E-state index contributed by atoms with van der Waals surface area (Å²) in [4.78, 5) is 18.5. The predicted molar refractivity (Wildman–Crippen MR) is 99.5 cm³/mol. The molecule has 1 atom stereocenters. The van der Waals surface area contributed by atoms with Crippen LogP contribution in [0.1, 0.15) is 40.0 Å². The summed E-state index contributed by atoms with van der Waals surface area (Å²) in [5.41, 5.74) is 3.00. The molecule has 0 saturated heterocycles. The third-order valence-electron chi connectivity index (χ3n) is 4.73. The van der Waals surface area contributed by atoms with E-state index < -0.39 is 0 Å². The van der Waals surface area contributed by atoms with Gasteiger partial charge in [-0.1, -0.05) is 6.92 Å². The fourth-order valence-electron chi connectivity index (χ4n) is 3.23. The first-order valence-electron chi connectivity index (χ1n) is 8.61. The molecular weight excluding hydrogens is 351 g/mol. The Hall–Kier alpha value is -2.54. The highest BCUT2D eigenvalue weighted by Crippen LogP contribution is 2.32. The number of aromatic nitrogens is 3. The van der Waals surface area contributed by atoms with Gasteiger partial charge in [-0.3, -0.25) is 10.1 Å². The van der Waals surface area contributed by atoms with E-state index in [4.69, 9.17) is 0 Å². The van der Waals surface area contributed by atoms with Crippen LogP contribution in [0.4, 0.5) is 9.52 Å². The molecule has 1 N–H and O–H groups in total. The number of aryl methyl sites for hydroxylation is 1. The average Bonchev–Trinajstić information content (AvgIpc) is 3.18. The van der Waals surface area contributed by atoms with Gasteiger partial charge in [0.15, 0.2) is 5.13 Å². The van der Waals surface area contributed by atoms with E-state index in [1.165, 1.54) is 23.2 Å². The standard InChI is InChI=1S/C19H19FN4OS/c1-11-3-8-16-17(9-11)26-19(22-16)23-18(25)15-10-21-24(12(15)2)14-6-4-13(20)5-7-14/h4-7,10-11H,3,8-9H2,1-2H3,(H,22,23,25). The first-order chi connectivity index (χ1) is 12.5. The fraction of sp³-hybridized carbons (Fsp3) is 0.316. The van der Waals surface area contributed by atoms with Crippen LogP contribution in [0.3, 0.4) is 0 Å². The van der Waals surface area contributed by atoms with Crippen molar-refractivity contribution in [3.63, 3.8) is 0 Å². The van der Waals surface area contributed by atoms with E-state index in [9.17, 15) is 9.18 Å². The molecule has 1 aliphatic carbocycles. The number of carbonyl (C=O) groups excluding carboxylic acids is 1. The van der Waals surface area contributed by atoms with E-state index in [-0.39, 0.29) is 11.7 Å². The maximum Gasteiger partial charge on any atom is 0.260 e. The highest BCUT2D eigenvalue weighted by atomic mass is 32.1. The Bertz CT molecular complexity index is 961. The Morgan fingerprint density at radius 1 is 1.35 bits per heavy atom. The number of halogens is 1. The van der Waals surface area contributed by atoms with Crippen molar-refractivity contribution in [3.8, 4) is 5.69 Å². The summed E-state index contributed by atoms with van der Waals surface area (Å²) in [6, 6.07) is 6.01. The zero-order chi connectivity index (χ0) is 18.3. The van der Waals surface area contributed by atoms with Gasteiger partial charge in [0, 0.05) is 4.88 Å². The first kappa shape index (κ1) is 16.9. The van der Waals surface area contributed by atoms with Gasteiger partial charge < -0.3 is 0 Å². The molecule has 4 rings (SSSR count). The van der Waals surface area contributed by atoms with Crippen LogP contribution >= 0.6 is 11.3 Å². The van der Waals surface area contributed by atoms with E-state index in [0.29, 0.717) is 28.0 Å². The molecule has 7 heteroatoms. The number of hydrogen-bond donors (Lipinski definition) is 1. The number of benzene rings is 1. The minimum absolute atomic E-state index is 0.227. The topological polar surface area (TPSA) is 59.8 Å². The molecule has 134 valence electrons. The Kier molecular flexibility index (Phi) is 4.32. The van der Waals surface area contributed by atoms with Gasteiger partial charge in [-0.15, -0.1) is 11.3 Å². The van der Waals surface area contributed by atoms with E-state index in [2.05, 4.69) is 22.3 Å². The van der Waals surface area contributed by atoms with Crippen molar-refractivity contribution >= 4 is 22.4 Å². The Balaban J connectivity index is 1.55. The molecule has 0 bridgehead atoms. The van der Waals surface area contributed by atoms with Crippen molar-refractivity contribution in [3.05, 3.63) is 58.1 Å². The number of carbonyl (C=O) groups is 1. The smallest absolute Gasteiger partial charge is 0.260 e. The number of hydrogen-bond acceptors (Lipinski definition) is 4. The molecule has 2 heterocycles. The summed E-state index contributed by atoms with van der Waals surface area (Å²) in [5.74, 6) is 0.135. The second-order valence-corrected chi connectivity index (χ2v) is 7.81. The molecule has 0 saturated carbocycles. The average molecular weight is 370 g/mol. The van der Waals surface area contributed by atoms with Crippen molar-refractivity contribution in [2.24, 2.45) is 5.92 Å². The van der Waals surface area contributed by atoms with E-state index >= 15 is 0 Å². The highest BCUT2D eigenvalue weighted by Gasteiger charge is 2.22. The van der Waals surface area contributed by atoms with Gasteiger partial charge in [0.1, 0.15) is 5.82 Å². The number of fused-ring (bicyclic) bond motifs is 1. The third kappa shape index (κ3) is 3.14. The molecular formula is C19H19FN4OS. The molecule has 0 radical (unpaired) electrons. The number of nitrogens with one attached hydrogen (secondary N) is 1. The lowest BCUT2D eigenvalue weighted by atomic mass is 9.93. The molecule has 0 spiro atoms. The number of thiazole rings is 1. The Labute approximate surface area is 154 Å². The maximum atomic E-state index is 13.1. The van der Waals surface area contributed by atoms with E-state index in [1.54, 1.807) is 28.2 Å². The van der Waals surface area contributed by atoms with Crippen molar-refractivity contribution in [2.75, 3.05) is 5.32 Å². The molecule has 5 nitrogen and oxygen atoms in total. The quantitative estimate of drug-likeness (QED) is 0.753. The SMILES string of the molecule is Cc1c(C(=O)Nc2nc3c(s2)CC(C)CC3)cnn1-c1ccc(F)cc1. The van der Waals surface area contributed by atoms with Crippen LogP contribution in [0.2, 0.25) is 0 Å². The van der Waals surface area contributed by atoms with Gasteiger partial charge in [-0.25, -0.2) is 14.1 Å². The molecule has 1 unspecified atom stereocenters. The van der Waals surface area contributed by atoms with Gasteiger partial charge in [-0.05, 0) is 56.4 Å². The third-order valence-corrected chi connectivity index (χ3v) is 5.77. The fourth-order valence-corrected chi connectivity index (χ4v) is 4.40. The molecule has 1 amide bonds. The molecule has 0 aliphatic heterocycles. The summed E-state index contributed by atoms with van der Waals surface area (Å²) in [7, 11) is 0. The van der Waals surface area contributed by atoms with Crippen LogP contribution in [0, 0.1) is 18.7 Å². The summed E-state index contributed by atoms with van der Waals surface area (Å²) >= 11 is 1.56. The van der Waals surface area contributed by atoms with Crippen LogP contribution in [0.15, 0.2) is 30.5 Å². The summed E-state index contributed by atoms with van der Waals surface area (Å²) in [6.45, 7) is 4.06. The van der Waals surface area contributed by atoms with Crippen molar-refractivity contribution in [2.45, 2.75) is 33.1 Å². The van der Waals surface area contributed by atoms with Gasteiger partial charge in [0.05, 0.1) is 28.8 Å². The Morgan fingerprint density at radius 2 is 2.12 bits per heavy atom. The number of nitrogens with zero attached hydrogens (tertiary/aromatic N) is 3. The monoisotopic (exact) mass is 370 g/mol. The van der Waals surface area contributed by atoms with E-state index in [1.807, 2.05) is 6.92 Å². The molecule has 3 aromatic rings. The molecule has 1 aliphatic rings. The zero-order valence-electron chi connectivity index (χ0n) is 14.6. The number of rotatable bonds is 3. The normalized spacial score (nSPS) is 16.3. The number of anilines is 1. The van der Waals surface area contributed by atoms with Gasteiger partial charge in [-0.2, -0.15) is 5.10 Å². The second kappa shape index (κ2) is 6.64. The second-order valence-electron chi connectivity index (χ2n) is 6.72. The molecule has 26 heavy (non-hydrogen) atoms. The molecule has 2 aromatic heterocycles. The molecule has 1 aromatic carbocycles. The lowest BCUT2D eigenvalue weighted by Crippen LogP contribution is -2.13. The largest absolute Gasteiger partial charge is 0.298 e. The van der Waals surface area contributed by atoms with Crippen molar-refractivity contribution in [1.82, 2.24) is 14.8 Å². The first-order valence-corrected chi connectivity index (χ1v) is 9.43. The van der Waals surface area contributed by atoms with Crippen LogP contribution in [-0.2, 0) is 12.8 Å². The van der Waals surface area contributed by atoms with Crippen LogP contribution < -0.4 is 5.32 Å². The maximum absolute atomic E-state index is 13.1. The van der Waals surface area contributed by atoms with Crippen molar-refractivity contribution < 1.29 is 9.18 Å². The van der Waals surface area contributed by atoms with Crippen LogP contribution in [0.5, 0.6) is 0 Å². The summed E-state index contributed by atoms with van der Waals surface area (Å²) < 4.78 is 14.7. The predicted octanol–water partition coefficient (Wildman–Crippen LogP) is 4.15. The lowest BCUT2D eigenvalue weighted by Gasteiger charge is -2.15. The van der Waals surface area contributed by atoms with Gasteiger partial charge in [0.25, 0.3) is 5.91 Å². The van der Waals surface area contributed by atoms with Gasteiger partial charge in [0.2, 0.25) is 0 Å². The van der Waals surface area contributed by atoms with Gasteiger partial charge >= 0.3 is 0 Å². The minimum atomic E-state index is -0.307. The summed E-state index contributed by atoms with van der Waals surface area (Å²) in [6.07, 6.45) is 4.69. The van der Waals surface area contributed by atoms with Crippen molar-refractivity contribution in [1.29, 1.82) is 0 Å². The van der Waals surface area contributed by atoms with Crippen LogP contribution in [0.25, 0.3) is 5.69 Å². The molecule has 0 fully saturated rings. The van der Waals surface area contributed by atoms with E-state index in [0.717, 1.165) is 25.0 Å². The minimum Gasteiger partial charge on any atom is -0.298 e. The van der Waals surface area contributed by atoms with Crippen LogP contribution in [-0.4, -0.2) is 20.7 Å². The zero-order valence-corrected chi connectivity index (χ0v) is 15.4. The Morgan fingerprint density at radius 3 is 2.88 bits per heavy atom.